The summed E-state index contributed by atoms with van der Waals surface area (Å²) in [6.45, 7) is 0. The molecule has 0 atom stereocenters. The van der Waals surface area contributed by atoms with Gasteiger partial charge in [0, 0.05) is 0 Å². The molecule has 0 amide bonds. The van der Waals surface area contributed by atoms with Crippen LogP contribution in [0.3, 0.4) is 0 Å². The molecule has 0 spiro atoms. The molecular weight excluding hydrogens is 234 g/mol. The molecule has 0 heterocycles. The summed E-state index contributed by atoms with van der Waals surface area (Å²) >= 11 is 0. The SMILES string of the molecule is [B-]([C]1[CH][CH][CH][CH]1)[C]1[CH][CH][CH][CH]1.[CH3-].[Zr+4]. The summed E-state index contributed by atoms with van der Waals surface area (Å²) in [6, 6.07) is 0. The van der Waals surface area contributed by atoms with Gasteiger partial charge in [0.2, 0.25) is 0 Å². The molecule has 0 aromatic heterocycles. The fourth-order valence-corrected chi connectivity index (χ4v) is 1.16. The Balaban J connectivity index is 0.000000720. The van der Waals surface area contributed by atoms with Gasteiger partial charge in [-0.2, -0.15) is 0 Å². The molecule has 2 rings (SSSR count). The van der Waals surface area contributed by atoms with Gasteiger partial charge < -0.3 is 14.7 Å². The third-order valence-corrected chi connectivity index (χ3v) is 1.71. The van der Waals surface area contributed by atoms with Crippen molar-refractivity contribution >= 4 is 7.28 Å². The molecule has 0 saturated heterocycles. The maximum absolute atomic E-state index is 2.17. The molecule has 60 valence electrons. The van der Waals surface area contributed by atoms with Crippen molar-refractivity contribution in [3.05, 3.63) is 70.4 Å². The Bertz CT molecular complexity index is 101. The molecule has 2 saturated carbocycles. The van der Waals surface area contributed by atoms with Crippen LogP contribution in [0, 0.1) is 70.4 Å². The minimum absolute atomic E-state index is 0. The molecule has 0 nitrogen and oxygen atoms in total. The van der Waals surface area contributed by atoms with Crippen molar-refractivity contribution in [1.82, 2.24) is 0 Å². The van der Waals surface area contributed by atoms with Crippen LogP contribution in [0.4, 0.5) is 0 Å². The van der Waals surface area contributed by atoms with Crippen molar-refractivity contribution in [2.75, 3.05) is 0 Å². The van der Waals surface area contributed by atoms with Crippen LogP contribution in [-0.4, -0.2) is 7.28 Å². The van der Waals surface area contributed by atoms with E-state index >= 15 is 0 Å². The van der Waals surface area contributed by atoms with Crippen molar-refractivity contribution < 1.29 is 26.2 Å². The third-order valence-electron chi connectivity index (χ3n) is 1.71. The van der Waals surface area contributed by atoms with Crippen LogP contribution < -0.4 is 0 Å². The van der Waals surface area contributed by atoms with Crippen LogP contribution >= 0.6 is 0 Å². The van der Waals surface area contributed by atoms with E-state index in [9.17, 15) is 0 Å². The van der Waals surface area contributed by atoms with Crippen LogP contribution in [0.25, 0.3) is 0 Å². The minimum Gasteiger partial charge on any atom is -0.358 e. The van der Waals surface area contributed by atoms with Gasteiger partial charge in [-0.15, -0.1) is 0 Å². The van der Waals surface area contributed by atoms with E-state index in [1.54, 1.807) is 0 Å². The summed E-state index contributed by atoms with van der Waals surface area (Å²) in [4.78, 5) is 0. The number of hydrogen-bond acceptors (Lipinski definition) is 0. The van der Waals surface area contributed by atoms with E-state index in [-0.39, 0.29) is 33.6 Å². The first-order valence-electron chi connectivity index (χ1n) is 3.73. The molecular formula is C11H11BZr+2. The van der Waals surface area contributed by atoms with E-state index in [0.29, 0.717) is 0 Å². The standard InChI is InChI=1S/C10H8B.CH3.Zr/c1-2-6-9(5-1)11-10-7-3-4-8-10;;/h1-8H;1H3;/q2*-1;+4. The summed E-state index contributed by atoms with van der Waals surface area (Å²) in [7, 11) is 2.17. The van der Waals surface area contributed by atoms with Crippen LogP contribution in [0.5, 0.6) is 0 Å². The molecule has 0 aromatic rings. The van der Waals surface area contributed by atoms with Crippen molar-refractivity contribution in [3.63, 3.8) is 0 Å². The Hall–Kier alpha value is 0.948. The molecule has 2 heteroatoms. The van der Waals surface area contributed by atoms with Gasteiger partial charge in [-0.25, -0.2) is 11.6 Å². The average molecular weight is 245 g/mol. The largest absolute Gasteiger partial charge is 4.00 e. The van der Waals surface area contributed by atoms with E-state index in [4.69, 9.17) is 0 Å². The van der Waals surface area contributed by atoms with E-state index < -0.39 is 0 Å². The molecule has 0 N–H and O–H groups in total. The van der Waals surface area contributed by atoms with Crippen LogP contribution in [0.15, 0.2) is 0 Å². The first-order chi connectivity index (χ1) is 5.45. The van der Waals surface area contributed by atoms with Gasteiger partial charge in [0.25, 0.3) is 0 Å². The number of hydrogen-bond donors (Lipinski definition) is 0. The van der Waals surface area contributed by atoms with Crippen LogP contribution in [-0.2, 0) is 26.2 Å². The second-order valence-corrected chi connectivity index (χ2v) is 2.58. The second kappa shape index (κ2) is 7.27. The quantitative estimate of drug-likeness (QED) is 0.514. The third kappa shape index (κ3) is 4.32. The minimum atomic E-state index is 0. The van der Waals surface area contributed by atoms with Gasteiger partial charge in [0.1, 0.15) is 0 Å². The van der Waals surface area contributed by atoms with Crippen molar-refractivity contribution in [1.29, 1.82) is 0 Å². The Morgan fingerprint density at radius 1 is 0.692 bits per heavy atom. The first kappa shape index (κ1) is 13.9. The fourth-order valence-electron chi connectivity index (χ4n) is 1.16. The van der Waals surface area contributed by atoms with Gasteiger partial charge >= 0.3 is 26.2 Å². The molecule has 0 aliphatic heterocycles. The molecule has 2 fully saturated rings. The van der Waals surface area contributed by atoms with E-state index in [0.717, 1.165) is 0 Å². The Labute approximate surface area is 104 Å². The monoisotopic (exact) mass is 244 g/mol. The Kier molecular flexibility index (Phi) is 7.80. The molecule has 0 unspecified atom stereocenters. The van der Waals surface area contributed by atoms with Gasteiger partial charge in [-0.1, -0.05) is 25.7 Å². The normalized spacial score (nSPS) is 24.0. The van der Waals surface area contributed by atoms with Gasteiger partial charge in [0.15, 0.2) is 0 Å². The molecule has 13 heavy (non-hydrogen) atoms. The topological polar surface area (TPSA) is 0 Å². The Morgan fingerprint density at radius 3 is 1.31 bits per heavy atom. The molecule has 12 radical (unpaired) electrons. The molecule has 2 aliphatic carbocycles. The smallest absolute Gasteiger partial charge is 0.358 e. The summed E-state index contributed by atoms with van der Waals surface area (Å²) in [5.74, 6) is 2.55. The van der Waals surface area contributed by atoms with Crippen molar-refractivity contribution in [2.24, 2.45) is 0 Å². The van der Waals surface area contributed by atoms with Gasteiger partial charge in [0.05, 0.1) is 0 Å². The zero-order chi connectivity index (χ0) is 7.52. The summed E-state index contributed by atoms with van der Waals surface area (Å²) in [5, 5.41) is 0. The second-order valence-electron chi connectivity index (χ2n) is 2.58. The molecule has 2 aliphatic rings. The fraction of sp³-hybridized carbons (Fsp3) is 0. The zero-order valence-corrected chi connectivity index (χ0v) is 10.2. The number of rotatable bonds is 2. The predicted molar refractivity (Wildman–Crippen MR) is 53.1 cm³/mol. The molecule has 0 aromatic carbocycles. The average Bonchev–Trinajstić information content (AvgIpc) is 2.60. The van der Waals surface area contributed by atoms with Crippen LogP contribution in [0.1, 0.15) is 0 Å². The van der Waals surface area contributed by atoms with E-state index in [1.807, 2.05) is 0 Å². The van der Waals surface area contributed by atoms with Crippen molar-refractivity contribution in [3.8, 4) is 0 Å². The zero-order valence-electron chi connectivity index (χ0n) is 7.70. The van der Waals surface area contributed by atoms with Crippen molar-refractivity contribution in [2.45, 2.75) is 0 Å². The maximum Gasteiger partial charge on any atom is 4.00 e. The van der Waals surface area contributed by atoms with Gasteiger partial charge in [-0.05, 0) is 25.7 Å². The van der Waals surface area contributed by atoms with E-state index in [1.165, 1.54) is 11.6 Å². The van der Waals surface area contributed by atoms with Gasteiger partial charge in [-0.3, -0.25) is 0 Å². The maximum atomic E-state index is 2.17. The molecule has 0 bridgehead atoms. The first-order valence-corrected chi connectivity index (χ1v) is 3.73. The summed E-state index contributed by atoms with van der Waals surface area (Å²) in [6.07, 6.45) is 16.6. The van der Waals surface area contributed by atoms with E-state index in [2.05, 4.69) is 58.6 Å². The predicted octanol–water partition coefficient (Wildman–Crippen LogP) is 1.86. The van der Waals surface area contributed by atoms with Crippen LogP contribution in [0.2, 0.25) is 0 Å². The summed E-state index contributed by atoms with van der Waals surface area (Å²) < 4.78 is 0. The Morgan fingerprint density at radius 2 is 1.00 bits per heavy atom. The summed E-state index contributed by atoms with van der Waals surface area (Å²) in [5.41, 5.74) is 0.